The van der Waals surface area contributed by atoms with Crippen LogP contribution in [0.25, 0.3) is 5.95 Å². The highest BCUT2D eigenvalue weighted by Gasteiger charge is 2.10. The molecule has 9 heteroatoms. The Labute approximate surface area is 123 Å². The normalized spacial score (nSPS) is 10.7. The summed E-state index contributed by atoms with van der Waals surface area (Å²) >= 11 is 7.27. The van der Waals surface area contributed by atoms with Gasteiger partial charge in [-0.1, -0.05) is 11.6 Å². The van der Waals surface area contributed by atoms with Crippen LogP contribution in [0.1, 0.15) is 0 Å². The molecule has 20 heavy (non-hydrogen) atoms. The molecular weight excluding hydrogens is 298 g/mol. The smallest absolute Gasteiger partial charge is 0.240 e. The number of nitrogens with zero attached hydrogens (tertiary/aromatic N) is 6. The third kappa shape index (κ3) is 2.70. The highest BCUT2D eigenvalue weighted by Crippen LogP contribution is 2.29. The summed E-state index contributed by atoms with van der Waals surface area (Å²) in [6, 6.07) is 3.50. The van der Waals surface area contributed by atoms with Crippen molar-refractivity contribution in [2.45, 2.75) is 10.2 Å². The Morgan fingerprint density at radius 3 is 2.85 bits per heavy atom. The Morgan fingerprint density at radius 1 is 1.20 bits per heavy atom. The Bertz CT molecular complexity index is 731. The number of anilines is 1. The van der Waals surface area contributed by atoms with Gasteiger partial charge in [0.1, 0.15) is 11.4 Å². The summed E-state index contributed by atoms with van der Waals surface area (Å²) in [5.74, 6) is 0.516. The van der Waals surface area contributed by atoms with Crippen LogP contribution in [0.15, 0.2) is 47.2 Å². The molecule has 0 amide bonds. The molecular formula is C11H8ClN7S. The van der Waals surface area contributed by atoms with Gasteiger partial charge in [-0.3, -0.25) is 4.57 Å². The van der Waals surface area contributed by atoms with Gasteiger partial charge >= 0.3 is 0 Å². The van der Waals surface area contributed by atoms with Crippen molar-refractivity contribution in [3.8, 4) is 5.95 Å². The lowest BCUT2D eigenvalue weighted by atomic mass is 10.5. The van der Waals surface area contributed by atoms with E-state index >= 15 is 0 Å². The second-order valence-electron chi connectivity index (χ2n) is 3.64. The van der Waals surface area contributed by atoms with Gasteiger partial charge in [-0.15, -0.1) is 0 Å². The molecule has 0 aliphatic heterocycles. The molecule has 3 heterocycles. The van der Waals surface area contributed by atoms with Crippen molar-refractivity contribution in [3.63, 3.8) is 0 Å². The molecule has 0 radical (unpaired) electrons. The number of halogens is 1. The Kier molecular flexibility index (Phi) is 3.48. The third-order valence-corrected chi connectivity index (χ3v) is 3.57. The number of nitrogen functional groups attached to an aromatic ring is 1. The highest BCUT2D eigenvalue weighted by atomic mass is 35.5. The van der Waals surface area contributed by atoms with Crippen molar-refractivity contribution < 1.29 is 0 Å². The first kappa shape index (κ1) is 12.8. The first-order valence-electron chi connectivity index (χ1n) is 5.50. The minimum Gasteiger partial charge on any atom is -0.368 e. The van der Waals surface area contributed by atoms with Crippen molar-refractivity contribution in [3.05, 3.63) is 42.1 Å². The van der Waals surface area contributed by atoms with Gasteiger partial charge in [0.15, 0.2) is 0 Å². The van der Waals surface area contributed by atoms with Gasteiger partial charge in [0.05, 0.1) is 5.02 Å². The van der Waals surface area contributed by atoms with Gasteiger partial charge < -0.3 is 5.73 Å². The van der Waals surface area contributed by atoms with Crippen LogP contribution in [0.5, 0.6) is 0 Å². The number of hydrogen-bond donors (Lipinski definition) is 1. The summed E-state index contributed by atoms with van der Waals surface area (Å²) < 4.78 is 1.64. The van der Waals surface area contributed by atoms with Gasteiger partial charge in [0, 0.05) is 18.6 Å². The topological polar surface area (TPSA) is 95.4 Å². The molecule has 7 nitrogen and oxygen atoms in total. The van der Waals surface area contributed by atoms with E-state index in [4.69, 9.17) is 17.3 Å². The van der Waals surface area contributed by atoms with Crippen LogP contribution in [0.4, 0.5) is 5.95 Å². The van der Waals surface area contributed by atoms with E-state index in [2.05, 4.69) is 24.9 Å². The molecule has 0 bridgehead atoms. The van der Waals surface area contributed by atoms with Crippen LogP contribution >= 0.6 is 23.4 Å². The average molecular weight is 306 g/mol. The molecule has 0 unspecified atom stereocenters. The number of rotatable bonds is 3. The molecule has 0 saturated heterocycles. The van der Waals surface area contributed by atoms with Crippen LogP contribution in [0, 0.1) is 0 Å². The minimum absolute atomic E-state index is 0.123. The van der Waals surface area contributed by atoms with E-state index in [9.17, 15) is 0 Å². The van der Waals surface area contributed by atoms with Gasteiger partial charge in [-0.05, 0) is 23.9 Å². The van der Waals surface area contributed by atoms with Gasteiger partial charge in [-0.2, -0.15) is 15.0 Å². The van der Waals surface area contributed by atoms with Crippen LogP contribution in [-0.4, -0.2) is 29.5 Å². The highest BCUT2D eigenvalue weighted by molar-refractivity contribution is 7.99. The summed E-state index contributed by atoms with van der Waals surface area (Å²) in [7, 11) is 0. The lowest BCUT2D eigenvalue weighted by Crippen LogP contribution is -2.06. The van der Waals surface area contributed by atoms with Crippen molar-refractivity contribution in [2.75, 3.05) is 5.73 Å². The Balaban J connectivity index is 1.97. The van der Waals surface area contributed by atoms with Crippen molar-refractivity contribution in [1.82, 2.24) is 29.5 Å². The zero-order chi connectivity index (χ0) is 13.9. The number of imidazole rings is 1. The summed E-state index contributed by atoms with van der Waals surface area (Å²) in [6.45, 7) is 0. The summed E-state index contributed by atoms with van der Waals surface area (Å²) in [5.41, 5.74) is 5.69. The van der Waals surface area contributed by atoms with E-state index in [1.54, 1.807) is 41.6 Å². The van der Waals surface area contributed by atoms with Gasteiger partial charge in [0.25, 0.3) is 0 Å². The summed E-state index contributed by atoms with van der Waals surface area (Å²) in [4.78, 5) is 20.5. The number of aromatic nitrogens is 6. The molecule has 3 aromatic rings. The molecule has 0 aliphatic carbocycles. The standard InChI is InChI=1S/C11H8ClN7S/c12-7-2-1-3-15-8(7)20-11-17-9(13)16-10(18-11)19-5-4-14-6-19/h1-6H,(H2,13,16,17,18). The molecule has 0 saturated carbocycles. The lowest BCUT2D eigenvalue weighted by Gasteiger charge is -2.05. The zero-order valence-corrected chi connectivity index (χ0v) is 11.6. The molecule has 0 atom stereocenters. The quantitative estimate of drug-likeness (QED) is 0.788. The second kappa shape index (κ2) is 5.43. The fraction of sp³-hybridized carbons (Fsp3) is 0. The third-order valence-electron chi connectivity index (χ3n) is 2.27. The van der Waals surface area contributed by atoms with Crippen molar-refractivity contribution in [2.24, 2.45) is 0 Å². The predicted octanol–water partition coefficient (Wildman–Crippen LogP) is 1.84. The molecule has 0 aromatic carbocycles. The Hall–Kier alpha value is -2.19. The van der Waals surface area contributed by atoms with Crippen molar-refractivity contribution in [1.29, 1.82) is 0 Å². The molecule has 0 fully saturated rings. The Morgan fingerprint density at radius 2 is 2.10 bits per heavy atom. The van der Waals surface area contributed by atoms with E-state index in [1.807, 2.05) is 0 Å². The monoisotopic (exact) mass is 305 g/mol. The maximum absolute atomic E-state index is 6.05. The summed E-state index contributed by atoms with van der Waals surface area (Å²) in [6.07, 6.45) is 6.58. The van der Waals surface area contributed by atoms with E-state index in [1.165, 1.54) is 11.8 Å². The largest absolute Gasteiger partial charge is 0.368 e. The van der Waals surface area contributed by atoms with E-state index < -0.39 is 0 Å². The number of pyridine rings is 1. The molecule has 0 spiro atoms. The molecule has 100 valence electrons. The van der Waals surface area contributed by atoms with Gasteiger partial charge in [0.2, 0.25) is 17.1 Å². The second-order valence-corrected chi connectivity index (χ2v) is 5.00. The van der Waals surface area contributed by atoms with Crippen LogP contribution < -0.4 is 5.73 Å². The summed E-state index contributed by atoms with van der Waals surface area (Å²) in [5, 5.41) is 1.55. The SMILES string of the molecule is Nc1nc(Sc2ncccc2Cl)nc(-n2ccnc2)n1. The zero-order valence-electron chi connectivity index (χ0n) is 10.0. The number of hydrogen-bond acceptors (Lipinski definition) is 7. The van der Waals surface area contributed by atoms with E-state index in [0.29, 0.717) is 21.2 Å². The van der Waals surface area contributed by atoms with Gasteiger partial charge in [-0.25, -0.2) is 9.97 Å². The fourth-order valence-electron chi connectivity index (χ4n) is 1.43. The fourth-order valence-corrected chi connectivity index (χ4v) is 2.39. The first-order chi connectivity index (χ1) is 9.72. The maximum Gasteiger partial charge on any atom is 0.240 e. The van der Waals surface area contributed by atoms with Crippen LogP contribution in [0.3, 0.4) is 0 Å². The predicted molar refractivity (Wildman–Crippen MR) is 74.7 cm³/mol. The van der Waals surface area contributed by atoms with Crippen molar-refractivity contribution >= 4 is 29.3 Å². The van der Waals surface area contributed by atoms with E-state index in [-0.39, 0.29) is 5.95 Å². The number of nitrogens with two attached hydrogens (primary N) is 1. The molecule has 3 rings (SSSR count). The lowest BCUT2D eigenvalue weighted by molar-refractivity contribution is 0.831. The molecule has 3 aromatic heterocycles. The molecule has 0 aliphatic rings. The minimum atomic E-state index is 0.123. The first-order valence-corrected chi connectivity index (χ1v) is 6.70. The average Bonchev–Trinajstić information content (AvgIpc) is 2.95. The van der Waals surface area contributed by atoms with Crippen LogP contribution in [0.2, 0.25) is 5.02 Å². The molecule has 2 N–H and O–H groups in total. The maximum atomic E-state index is 6.05. The van der Waals surface area contributed by atoms with E-state index in [0.717, 1.165) is 0 Å². The van der Waals surface area contributed by atoms with Crippen LogP contribution in [-0.2, 0) is 0 Å².